The van der Waals surface area contributed by atoms with E-state index in [2.05, 4.69) is 15.8 Å². The Morgan fingerprint density at radius 1 is 1.07 bits per heavy atom. The third-order valence-corrected chi connectivity index (χ3v) is 4.37. The van der Waals surface area contributed by atoms with Gasteiger partial charge in [0.1, 0.15) is 18.4 Å². The van der Waals surface area contributed by atoms with Crippen LogP contribution in [0.1, 0.15) is 18.1 Å². The van der Waals surface area contributed by atoms with Crippen LogP contribution in [0, 0.1) is 0 Å². The average Bonchev–Trinajstić information content (AvgIpc) is 2.73. The predicted molar refractivity (Wildman–Crippen MR) is 117 cm³/mol. The van der Waals surface area contributed by atoms with Crippen LogP contribution in [-0.4, -0.2) is 18.2 Å². The maximum Gasteiger partial charge on any atom is 0.262 e. The van der Waals surface area contributed by atoms with E-state index in [1.165, 1.54) is 0 Å². The molecule has 0 saturated carbocycles. The fourth-order valence-corrected chi connectivity index (χ4v) is 2.80. The van der Waals surface area contributed by atoms with Crippen molar-refractivity contribution in [3.8, 4) is 5.75 Å². The minimum Gasteiger partial charge on any atom is -0.488 e. The second-order valence-electron chi connectivity index (χ2n) is 6.42. The number of hydrogen-bond acceptors (Lipinski definition) is 4. The average molecular weight is 408 g/mol. The fourth-order valence-electron chi connectivity index (χ4n) is 2.61. The van der Waals surface area contributed by atoms with Crippen molar-refractivity contribution in [1.29, 1.82) is 0 Å². The molecule has 0 fully saturated rings. The molecule has 1 atom stereocenters. The van der Waals surface area contributed by atoms with Gasteiger partial charge >= 0.3 is 0 Å². The van der Waals surface area contributed by atoms with Crippen LogP contribution >= 0.6 is 11.6 Å². The van der Waals surface area contributed by atoms with Gasteiger partial charge in [-0.3, -0.25) is 4.79 Å². The highest BCUT2D eigenvalue weighted by Crippen LogP contribution is 2.18. The molecule has 0 spiro atoms. The van der Waals surface area contributed by atoms with Gasteiger partial charge < -0.3 is 10.1 Å². The van der Waals surface area contributed by atoms with Gasteiger partial charge in [-0.25, -0.2) is 5.43 Å². The molecule has 148 valence electrons. The van der Waals surface area contributed by atoms with Crippen molar-refractivity contribution < 1.29 is 9.53 Å². The van der Waals surface area contributed by atoms with Gasteiger partial charge in [-0.1, -0.05) is 60.1 Å². The number of para-hydroxylation sites is 1. The van der Waals surface area contributed by atoms with Crippen molar-refractivity contribution in [2.75, 3.05) is 5.32 Å². The van der Waals surface area contributed by atoms with E-state index >= 15 is 0 Å². The number of hydrazone groups is 1. The molecule has 0 aromatic heterocycles. The van der Waals surface area contributed by atoms with Crippen molar-refractivity contribution in [2.45, 2.75) is 19.6 Å². The number of halogens is 1. The highest BCUT2D eigenvalue weighted by molar-refractivity contribution is 6.30. The first-order valence-corrected chi connectivity index (χ1v) is 9.60. The molecule has 3 aromatic carbocycles. The largest absolute Gasteiger partial charge is 0.488 e. The van der Waals surface area contributed by atoms with E-state index in [1.807, 2.05) is 66.7 Å². The summed E-state index contributed by atoms with van der Waals surface area (Å²) in [5.74, 6) is 0.434. The third-order valence-electron chi connectivity index (χ3n) is 4.14. The number of carbonyl (C=O) groups is 1. The van der Waals surface area contributed by atoms with Crippen LogP contribution in [0.5, 0.6) is 5.75 Å². The Hall–Kier alpha value is -3.31. The van der Waals surface area contributed by atoms with Crippen molar-refractivity contribution in [3.05, 3.63) is 95.0 Å². The molecule has 1 amide bonds. The monoisotopic (exact) mass is 407 g/mol. The lowest BCUT2D eigenvalue weighted by Gasteiger charge is -2.13. The Morgan fingerprint density at radius 3 is 2.62 bits per heavy atom. The number of benzene rings is 3. The summed E-state index contributed by atoms with van der Waals surface area (Å²) in [6.45, 7) is 2.21. The molecule has 29 heavy (non-hydrogen) atoms. The molecule has 3 aromatic rings. The Labute approximate surface area is 175 Å². The van der Waals surface area contributed by atoms with Gasteiger partial charge in [0.25, 0.3) is 5.91 Å². The zero-order valence-corrected chi connectivity index (χ0v) is 16.8. The van der Waals surface area contributed by atoms with Gasteiger partial charge in [-0.05, 0) is 42.8 Å². The first-order chi connectivity index (χ1) is 14.1. The molecule has 3 rings (SSSR count). The normalized spacial score (nSPS) is 11.8. The minimum absolute atomic E-state index is 0.260. The number of nitrogens with one attached hydrogen (secondary N) is 2. The van der Waals surface area contributed by atoms with Crippen molar-refractivity contribution in [2.24, 2.45) is 5.10 Å². The van der Waals surface area contributed by atoms with E-state index in [1.54, 1.807) is 25.3 Å². The highest BCUT2D eigenvalue weighted by Gasteiger charge is 2.11. The van der Waals surface area contributed by atoms with Crippen LogP contribution in [0.15, 0.2) is 84.0 Å². The van der Waals surface area contributed by atoms with Crippen molar-refractivity contribution >= 4 is 29.4 Å². The number of ether oxygens (including phenoxy) is 1. The molecule has 0 heterocycles. The lowest BCUT2D eigenvalue weighted by molar-refractivity contribution is -0.121. The number of hydrogen-bond donors (Lipinski definition) is 2. The van der Waals surface area contributed by atoms with Gasteiger partial charge in [0.2, 0.25) is 0 Å². The topological polar surface area (TPSA) is 62.7 Å². The molecule has 1 unspecified atom stereocenters. The summed E-state index contributed by atoms with van der Waals surface area (Å²) in [7, 11) is 0. The molecular formula is C23H22ClN3O2. The molecule has 0 bridgehead atoms. The third kappa shape index (κ3) is 6.36. The Bertz CT molecular complexity index is 977. The van der Waals surface area contributed by atoms with Gasteiger partial charge in [0, 0.05) is 16.3 Å². The van der Waals surface area contributed by atoms with Crippen molar-refractivity contribution in [1.82, 2.24) is 5.43 Å². The van der Waals surface area contributed by atoms with Gasteiger partial charge in [-0.2, -0.15) is 5.10 Å². The van der Waals surface area contributed by atoms with Crippen LogP contribution in [0.4, 0.5) is 5.69 Å². The molecule has 0 radical (unpaired) electrons. The molecule has 0 aliphatic carbocycles. The SMILES string of the molecule is CC(Nc1cccc(Cl)c1)C(=O)N/N=C/c1ccccc1OCc1ccccc1. The Balaban J connectivity index is 1.56. The number of rotatable bonds is 8. The van der Waals surface area contributed by atoms with Gasteiger partial charge in [-0.15, -0.1) is 0 Å². The second-order valence-corrected chi connectivity index (χ2v) is 6.86. The lowest BCUT2D eigenvalue weighted by atomic mass is 10.2. The molecular weight excluding hydrogens is 386 g/mol. The number of carbonyl (C=O) groups excluding carboxylic acids is 1. The smallest absolute Gasteiger partial charge is 0.262 e. The Morgan fingerprint density at radius 2 is 1.83 bits per heavy atom. The molecule has 6 heteroatoms. The van der Waals surface area contributed by atoms with E-state index in [9.17, 15) is 4.79 Å². The first kappa shape index (κ1) is 20.4. The van der Waals surface area contributed by atoms with Gasteiger partial charge in [0.15, 0.2) is 0 Å². The van der Waals surface area contributed by atoms with Crippen molar-refractivity contribution in [3.63, 3.8) is 0 Å². The predicted octanol–water partition coefficient (Wildman–Crippen LogP) is 4.87. The fraction of sp³-hybridized carbons (Fsp3) is 0.130. The quantitative estimate of drug-likeness (QED) is 0.413. The van der Waals surface area contributed by atoms with Gasteiger partial charge in [0.05, 0.1) is 6.21 Å². The lowest BCUT2D eigenvalue weighted by Crippen LogP contribution is -2.34. The maximum atomic E-state index is 12.3. The van der Waals surface area contributed by atoms with Crippen LogP contribution in [0.25, 0.3) is 0 Å². The summed E-state index contributed by atoms with van der Waals surface area (Å²) in [6.07, 6.45) is 1.57. The van der Waals surface area contributed by atoms with E-state index in [4.69, 9.17) is 16.3 Å². The minimum atomic E-state index is -0.477. The molecule has 0 aliphatic heterocycles. The molecule has 5 nitrogen and oxygen atoms in total. The molecule has 0 aliphatic rings. The summed E-state index contributed by atoms with van der Waals surface area (Å²) in [5, 5.41) is 7.76. The van der Waals surface area contributed by atoms with E-state index < -0.39 is 6.04 Å². The van der Waals surface area contributed by atoms with Crippen LogP contribution in [-0.2, 0) is 11.4 Å². The van der Waals surface area contributed by atoms with Crippen LogP contribution < -0.4 is 15.5 Å². The summed E-state index contributed by atoms with van der Waals surface area (Å²) in [5.41, 5.74) is 5.17. The summed E-state index contributed by atoms with van der Waals surface area (Å²) < 4.78 is 5.89. The zero-order chi connectivity index (χ0) is 20.5. The summed E-state index contributed by atoms with van der Waals surface area (Å²) in [4.78, 5) is 12.3. The Kier molecular flexibility index (Phi) is 7.25. The summed E-state index contributed by atoms with van der Waals surface area (Å²) >= 11 is 5.96. The first-order valence-electron chi connectivity index (χ1n) is 9.22. The highest BCUT2D eigenvalue weighted by atomic mass is 35.5. The number of amides is 1. The van der Waals surface area contributed by atoms with E-state index in [-0.39, 0.29) is 5.91 Å². The number of nitrogens with zero attached hydrogens (tertiary/aromatic N) is 1. The zero-order valence-electron chi connectivity index (χ0n) is 16.0. The summed E-state index contributed by atoms with van der Waals surface area (Å²) in [6, 6.07) is 24.2. The number of anilines is 1. The molecule has 0 saturated heterocycles. The van der Waals surface area contributed by atoms with E-state index in [0.29, 0.717) is 17.4 Å². The van der Waals surface area contributed by atoms with Crippen LogP contribution in [0.2, 0.25) is 5.02 Å². The van der Waals surface area contributed by atoms with E-state index in [0.717, 1.165) is 16.8 Å². The second kappa shape index (κ2) is 10.3. The molecule has 2 N–H and O–H groups in total. The van der Waals surface area contributed by atoms with Crippen LogP contribution in [0.3, 0.4) is 0 Å². The maximum absolute atomic E-state index is 12.3. The standard InChI is InChI=1S/C23H22ClN3O2/c1-17(26-21-12-7-11-20(24)14-21)23(28)27-25-15-19-10-5-6-13-22(19)29-16-18-8-3-2-4-9-18/h2-15,17,26H,16H2,1H3,(H,27,28)/b25-15+.